The minimum absolute atomic E-state index is 0.673. The molecule has 0 spiro atoms. The smallest absolute Gasteiger partial charge is 0.170 e. The van der Waals surface area contributed by atoms with Gasteiger partial charge in [0.2, 0.25) is 0 Å². The summed E-state index contributed by atoms with van der Waals surface area (Å²) in [6.45, 7) is 16.1. The van der Waals surface area contributed by atoms with E-state index in [9.17, 15) is 0 Å². The highest BCUT2D eigenvalue weighted by Gasteiger charge is 2.28. The van der Waals surface area contributed by atoms with Gasteiger partial charge in [0, 0.05) is 21.0 Å². The second kappa shape index (κ2) is 18.3. The molecule has 0 atom stereocenters. The van der Waals surface area contributed by atoms with Gasteiger partial charge in [-0.25, -0.2) is 0 Å². The Labute approximate surface area is 273 Å². The summed E-state index contributed by atoms with van der Waals surface area (Å²) in [5.41, 5.74) is 2.29. The third-order valence-electron chi connectivity index (χ3n) is 8.52. The van der Waals surface area contributed by atoms with Crippen molar-refractivity contribution in [2.24, 2.45) is 0 Å². The summed E-state index contributed by atoms with van der Waals surface area (Å²) in [4.78, 5) is 0. The van der Waals surface area contributed by atoms with Crippen LogP contribution >= 0.6 is 7.53 Å². The van der Waals surface area contributed by atoms with Crippen LogP contribution < -0.4 is 18.9 Å². The molecule has 0 saturated carbocycles. The number of fused-ring (bicyclic) bond motifs is 3. The molecule has 0 aliphatic carbocycles. The van der Waals surface area contributed by atoms with Gasteiger partial charge in [0.15, 0.2) is 23.0 Å². The summed E-state index contributed by atoms with van der Waals surface area (Å²) in [6.07, 6.45) is 13.4. The van der Waals surface area contributed by atoms with Gasteiger partial charge >= 0.3 is 0 Å². The second-order valence-electron chi connectivity index (χ2n) is 12.4. The predicted molar refractivity (Wildman–Crippen MR) is 195 cm³/mol. The van der Waals surface area contributed by atoms with Crippen LogP contribution in [0.2, 0.25) is 0 Å². The van der Waals surface area contributed by atoms with Crippen LogP contribution in [-0.2, 0) is 0 Å². The molecule has 0 radical (unpaired) electrons. The van der Waals surface area contributed by atoms with Crippen molar-refractivity contribution in [1.29, 1.82) is 0 Å². The molecule has 0 bridgehead atoms. The fraction of sp³-hybridized carbons (Fsp3) is 0.550. The predicted octanol–water partition coefficient (Wildman–Crippen LogP) is 12.9. The van der Waals surface area contributed by atoms with Gasteiger partial charge in [-0.3, -0.25) is 0 Å². The lowest BCUT2D eigenvalue weighted by Gasteiger charge is -2.19. The number of ether oxygens (including phenoxy) is 4. The van der Waals surface area contributed by atoms with Crippen LogP contribution in [0.3, 0.4) is 0 Å². The molecule has 45 heavy (non-hydrogen) atoms. The second-order valence-corrected chi connectivity index (χ2v) is 14.5. The van der Waals surface area contributed by atoms with Crippen molar-refractivity contribution in [3.8, 4) is 28.3 Å². The zero-order chi connectivity index (χ0) is 32.0. The highest BCUT2D eigenvalue weighted by Crippen LogP contribution is 2.62. The molecule has 246 valence electrons. The minimum atomic E-state index is -0.813. The Morgan fingerprint density at radius 2 is 0.822 bits per heavy atom. The highest BCUT2D eigenvalue weighted by atomic mass is 31.1. The summed E-state index contributed by atoms with van der Waals surface area (Å²) >= 11 is 0. The molecule has 1 aromatic heterocycles. The van der Waals surface area contributed by atoms with Crippen LogP contribution in [0, 0.1) is 13.8 Å². The Morgan fingerprint density at radius 1 is 0.467 bits per heavy atom. The molecule has 0 amide bonds. The van der Waals surface area contributed by atoms with Gasteiger partial charge in [0.25, 0.3) is 0 Å². The number of aryl methyl sites for hydroxylation is 2. The van der Waals surface area contributed by atoms with Gasteiger partial charge in [0.1, 0.15) is 0 Å². The van der Waals surface area contributed by atoms with Gasteiger partial charge in [-0.15, -0.1) is 0 Å². The number of unbranched alkanes of at least 4 members (excludes halogenated alkanes) is 8. The Morgan fingerprint density at radius 3 is 1.18 bits per heavy atom. The van der Waals surface area contributed by atoms with Crippen molar-refractivity contribution < 1.29 is 18.9 Å². The first-order chi connectivity index (χ1) is 22.1. The van der Waals surface area contributed by atoms with E-state index in [1.165, 1.54) is 28.4 Å². The molecule has 0 saturated heterocycles. The van der Waals surface area contributed by atoms with Crippen molar-refractivity contribution in [3.63, 3.8) is 0 Å². The van der Waals surface area contributed by atoms with Gasteiger partial charge < -0.3 is 18.9 Å². The summed E-state index contributed by atoms with van der Waals surface area (Å²) in [7, 11) is -0.813. The minimum Gasteiger partial charge on any atom is -0.489 e. The quantitative estimate of drug-likeness (QED) is 0.0857. The number of hydrogen-bond acceptors (Lipinski definition) is 4. The average Bonchev–Trinajstić information content (AvgIpc) is 3.36. The number of benzene rings is 3. The van der Waals surface area contributed by atoms with Crippen LogP contribution in [0.5, 0.6) is 23.0 Å². The summed E-state index contributed by atoms with van der Waals surface area (Å²) in [5.74, 6) is 3.55. The molecule has 3 aromatic carbocycles. The summed E-state index contributed by atoms with van der Waals surface area (Å²) in [5, 5.41) is 6.30. The Balaban J connectivity index is 2.04. The fourth-order valence-corrected chi connectivity index (χ4v) is 8.87. The van der Waals surface area contributed by atoms with Crippen molar-refractivity contribution in [1.82, 2.24) is 0 Å². The largest absolute Gasteiger partial charge is 0.489 e. The molecular formula is C40H57O4P. The first-order valence-electron chi connectivity index (χ1n) is 17.8. The first kappa shape index (κ1) is 35.0. The van der Waals surface area contributed by atoms with E-state index in [-0.39, 0.29) is 0 Å². The molecular weight excluding hydrogens is 575 g/mol. The maximum absolute atomic E-state index is 6.83. The third kappa shape index (κ3) is 8.70. The molecule has 0 aliphatic heterocycles. The number of rotatable bonds is 21. The highest BCUT2D eigenvalue weighted by molar-refractivity contribution is 7.68. The van der Waals surface area contributed by atoms with Crippen LogP contribution in [-0.4, -0.2) is 26.4 Å². The monoisotopic (exact) mass is 632 g/mol. The maximum Gasteiger partial charge on any atom is 0.170 e. The lowest BCUT2D eigenvalue weighted by molar-refractivity contribution is 0.259. The van der Waals surface area contributed by atoms with Gasteiger partial charge in [0.05, 0.1) is 26.4 Å². The van der Waals surface area contributed by atoms with E-state index in [1.807, 2.05) is 0 Å². The zero-order valence-electron chi connectivity index (χ0n) is 28.9. The van der Waals surface area contributed by atoms with Crippen molar-refractivity contribution in [3.05, 3.63) is 53.6 Å². The Kier molecular flexibility index (Phi) is 14.3. The summed E-state index contributed by atoms with van der Waals surface area (Å²) in [6, 6.07) is 15.7. The molecule has 0 fully saturated rings. The number of hydrogen-bond donors (Lipinski definition) is 0. The van der Waals surface area contributed by atoms with E-state index >= 15 is 0 Å². The maximum atomic E-state index is 6.83. The Hall–Kier alpha value is -2.84. The lowest BCUT2D eigenvalue weighted by atomic mass is 10.0. The first-order valence-corrected chi connectivity index (χ1v) is 19.1. The zero-order valence-corrected chi connectivity index (χ0v) is 29.8. The summed E-state index contributed by atoms with van der Waals surface area (Å²) < 4.78 is 26.9. The molecule has 4 rings (SSSR count). The third-order valence-corrected chi connectivity index (χ3v) is 11.0. The van der Waals surface area contributed by atoms with E-state index in [2.05, 4.69) is 84.0 Å². The van der Waals surface area contributed by atoms with Gasteiger partial charge in [-0.05, 0) is 68.1 Å². The lowest BCUT2D eigenvalue weighted by Crippen LogP contribution is -2.06. The van der Waals surface area contributed by atoms with Crippen LogP contribution in [0.25, 0.3) is 26.3 Å². The Bertz CT molecular complexity index is 1380. The molecule has 5 heteroatoms. The van der Waals surface area contributed by atoms with Crippen LogP contribution in [0.15, 0.2) is 42.5 Å². The van der Waals surface area contributed by atoms with Gasteiger partial charge in [-0.2, -0.15) is 0 Å². The van der Waals surface area contributed by atoms with E-state index in [0.29, 0.717) is 26.4 Å². The van der Waals surface area contributed by atoms with Crippen molar-refractivity contribution in [2.75, 3.05) is 26.4 Å². The average molecular weight is 633 g/mol. The van der Waals surface area contributed by atoms with Crippen molar-refractivity contribution in [2.45, 2.75) is 119 Å². The van der Waals surface area contributed by atoms with Crippen LogP contribution in [0.1, 0.15) is 116 Å². The molecule has 1 heterocycles. The van der Waals surface area contributed by atoms with Crippen LogP contribution in [0.4, 0.5) is 0 Å². The molecule has 4 aromatic rings. The molecule has 4 nitrogen and oxygen atoms in total. The normalized spacial score (nSPS) is 11.4. The van der Waals surface area contributed by atoms with E-state index in [4.69, 9.17) is 18.9 Å². The van der Waals surface area contributed by atoms with Gasteiger partial charge in [-0.1, -0.05) is 117 Å². The van der Waals surface area contributed by atoms with E-state index in [0.717, 1.165) is 109 Å². The standard InChI is InChI=1S/C40H57O4P/c1-7-11-18-24-41-37-30(5)28-33-35(39(37)43-26-20-13-9-3)36-34(45(33)32-22-16-15-17-23-32)29-31(6)38(42-25-19-12-8-2)40(36)44-27-21-14-10-4/h15-17,22-23,28-29H,7-14,18-21,24-27H2,1-6H3. The topological polar surface area (TPSA) is 36.9 Å². The van der Waals surface area contributed by atoms with Crippen molar-refractivity contribution >= 4 is 28.5 Å². The SMILES string of the molecule is CCCCCOc1c(C)cc2c(c1OCCCCC)c1c(OCCCCC)c(OCCCCC)c(C)cc1p2-c1ccccc1. The molecule has 0 aliphatic rings. The molecule has 0 unspecified atom stereocenters. The molecule has 0 N–H and O–H groups in total. The van der Waals surface area contributed by atoms with E-state index < -0.39 is 7.53 Å². The fourth-order valence-electron chi connectivity index (χ4n) is 6.06. The van der Waals surface area contributed by atoms with E-state index in [1.54, 1.807) is 0 Å².